The minimum absolute atomic E-state index is 0.0595. The van der Waals surface area contributed by atoms with E-state index in [1.165, 1.54) is 83.5 Å². The van der Waals surface area contributed by atoms with E-state index in [2.05, 4.69) is 27.7 Å². The normalized spacial score (nSPS) is 21.0. The van der Waals surface area contributed by atoms with Gasteiger partial charge in [-0.05, 0) is 43.9 Å². The van der Waals surface area contributed by atoms with Gasteiger partial charge in [-0.25, -0.2) is 0 Å². The molecule has 21 heavy (non-hydrogen) atoms. The minimum Gasteiger partial charge on any atom is -0.325 e. The lowest BCUT2D eigenvalue weighted by Crippen LogP contribution is -2.53. The van der Waals surface area contributed by atoms with E-state index in [1.54, 1.807) is 0 Å². The third-order valence-electron chi connectivity index (χ3n) is 6.14. The van der Waals surface area contributed by atoms with Gasteiger partial charge in [-0.2, -0.15) is 0 Å². The maximum absolute atomic E-state index is 6.86. The van der Waals surface area contributed by atoms with Crippen LogP contribution in [0.2, 0.25) is 0 Å². The lowest BCUT2D eigenvalue weighted by atomic mass is 9.64. The van der Waals surface area contributed by atoms with E-state index in [9.17, 15) is 0 Å². The highest BCUT2D eigenvalue weighted by Gasteiger charge is 2.49. The molecule has 0 aliphatic heterocycles. The Morgan fingerprint density at radius 3 is 1.62 bits per heavy atom. The first-order valence-electron chi connectivity index (χ1n) is 9.77. The zero-order valence-electron chi connectivity index (χ0n) is 15.3. The van der Waals surface area contributed by atoms with Gasteiger partial charge in [0.2, 0.25) is 0 Å². The molecule has 1 rings (SSSR count). The largest absolute Gasteiger partial charge is 0.325 e. The van der Waals surface area contributed by atoms with Crippen molar-refractivity contribution in [3.8, 4) is 0 Å². The molecule has 1 fully saturated rings. The van der Waals surface area contributed by atoms with Crippen LogP contribution in [0.25, 0.3) is 0 Å². The first-order valence-corrected chi connectivity index (χ1v) is 9.77. The van der Waals surface area contributed by atoms with Gasteiger partial charge in [0, 0.05) is 5.54 Å². The molecule has 0 amide bonds. The van der Waals surface area contributed by atoms with Gasteiger partial charge in [0.25, 0.3) is 0 Å². The maximum Gasteiger partial charge on any atom is 0.0208 e. The van der Waals surface area contributed by atoms with Crippen LogP contribution in [0, 0.1) is 11.3 Å². The second kappa shape index (κ2) is 9.18. The summed E-state index contributed by atoms with van der Waals surface area (Å²) in [5, 5.41) is 0. The van der Waals surface area contributed by atoms with E-state index in [0.29, 0.717) is 5.41 Å². The molecule has 0 aromatic heterocycles. The Bertz CT molecular complexity index is 267. The van der Waals surface area contributed by atoms with E-state index < -0.39 is 0 Å². The summed E-state index contributed by atoms with van der Waals surface area (Å²) >= 11 is 0. The van der Waals surface area contributed by atoms with Crippen molar-refractivity contribution < 1.29 is 0 Å². The summed E-state index contributed by atoms with van der Waals surface area (Å²) in [4.78, 5) is 0. The third kappa shape index (κ3) is 5.93. The van der Waals surface area contributed by atoms with Gasteiger partial charge in [0.1, 0.15) is 0 Å². The lowest BCUT2D eigenvalue weighted by Gasteiger charge is -2.45. The summed E-state index contributed by atoms with van der Waals surface area (Å²) in [6.45, 7) is 9.44. The summed E-state index contributed by atoms with van der Waals surface area (Å²) < 4.78 is 0. The smallest absolute Gasteiger partial charge is 0.0208 e. The molecule has 2 atom stereocenters. The molecule has 1 aliphatic rings. The number of unbranched alkanes of at least 4 members (excludes halogenated alkanes) is 7. The molecule has 126 valence electrons. The Morgan fingerprint density at radius 1 is 0.762 bits per heavy atom. The highest BCUT2D eigenvalue weighted by molar-refractivity contribution is 5.05. The molecule has 0 spiro atoms. The fourth-order valence-corrected chi connectivity index (χ4v) is 3.90. The summed E-state index contributed by atoms with van der Waals surface area (Å²) in [6, 6.07) is 0. The molecule has 1 heteroatoms. The van der Waals surface area contributed by atoms with E-state index in [-0.39, 0.29) is 5.54 Å². The Kier molecular flexibility index (Phi) is 8.31. The molecule has 1 aliphatic carbocycles. The van der Waals surface area contributed by atoms with Crippen LogP contribution in [0.3, 0.4) is 0 Å². The molecular weight excluding hydrogens is 254 g/mol. The summed E-state index contributed by atoms with van der Waals surface area (Å²) in [7, 11) is 0. The van der Waals surface area contributed by atoms with Crippen molar-refractivity contribution in [3.63, 3.8) is 0 Å². The molecule has 1 saturated carbocycles. The number of nitrogens with two attached hydrogens (primary N) is 1. The molecule has 2 N–H and O–H groups in total. The fourth-order valence-electron chi connectivity index (χ4n) is 3.90. The molecule has 0 aromatic carbocycles. The van der Waals surface area contributed by atoms with Crippen molar-refractivity contribution in [2.75, 3.05) is 0 Å². The van der Waals surface area contributed by atoms with Crippen LogP contribution >= 0.6 is 0 Å². The Hall–Kier alpha value is -0.0400. The number of hydrogen-bond donors (Lipinski definition) is 1. The van der Waals surface area contributed by atoms with E-state index in [1.807, 2.05) is 0 Å². The standard InChI is InChI=1S/C20H41N/c1-5-7-9-11-13-17-19(3,16-12-10-8-6-2)20(4,21)18-14-15-18/h18H,5-17,21H2,1-4H3. The van der Waals surface area contributed by atoms with E-state index in [0.717, 1.165) is 5.92 Å². The average molecular weight is 296 g/mol. The van der Waals surface area contributed by atoms with Gasteiger partial charge in [-0.1, -0.05) is 78.6 Å². The van der Waals surface area contributed by atoms with Crippen LogP contribution < -0.4 is 5.73 Å². The molecule has 0 heterocycles. The summed E-state index contributed by atoms with van der Waals surface area (Å²) in [5.74, 6) is 0.796. The van der Waals surface area contributed by atoms with Gasteiger partial charge in [0.15, 0.2) is 0 Å². The summed E-state index contributed by atoms with van der Waals surface area (Å²) in [6.07, 6.45) is 17.8. The first kappa shape index (κ1) is 19.0. The molecule has 0 aromatic rings. The fraction of sp³-hybridized carbons (Fsp3) is 1.00. The second-order valence-electron chi connectivity index (χ2n) is 8.09. The highest BCUT2D eigenvalue weighted by atomic mass is 14.8. The topological polar surface area (TPSA) is 26.0 Å². The second-order valence-corrected chi connectivity index (χ2v) is 8.09. The summed E-state index contributed by atoms with van der Waals surface area (Å²) in [5.41, 5.74) is 7.27. The lowest BCUT2D eigenvalue weighted by molar-refractivity contribution is 0.101. The minimum atomic E-state index is 0.0595. The van der Waals surface area contributed by atoms with Crippen molar-refractivity contribution in [1.29, 1.82) is 0 Å². The van der Waals surface area contributed by atoms with Gasteiger partial charge < -0.3 is 5.73 Å². The van der Waals surface area contributed by atoms with Crippen LogP contribution in [0.5, 0.6) is 0 Å². The highest BCUT2D eigenvalue weighted by Crippen LogP contribution is 2.51. The van der Waals surface area contributed by atoms with E-state index in [4.69, 9.17) is 5.73 Å². The van der Waals surface area contributed by atoms with Crippen molar-refractivity contribution >= 4 is 0 Å². The molecule has 1 nitrogen and oxygen atoms in total. The predicted molar refractivity (Wildman–Crippen MR) is 95.6 cm³/mol. The quantitative estimate of drug-likeness (QED) is 0.388. The Balaban J connectivity index is 2.47. The molecular formula is C20H41N. The molecule has 0 bridgehead atoms. The third-order valence-corrected chi connectivity index (χ3v) is 6.14. The van der Waals surface area contributed by atoms with Gasteiger partial charge in [-0.3, -0.25) is 0 Å². The molecule has 0 saturated heterocycles. The van der Waals surface area contributed by atoms with Crippen LogP contribution in [0.1, 0.15) is 111 Å². The van der Waals surface area contributed by atoms with Crippen LogP contribution in [0.4, 0.5) is 0 Å². The van der Waals surface area contributed by atoms with Crippen LogP contribution in [0.15, 0.2) is 0 Å². The zero-order valence-corrected chi connectivity index (χ0v) is 15.3. The van der Waals surface area contributed by atoms with Crippen molar-refractivity contribution in [1.82, 2.24) is 0 Å². The van der Waals surface area contributed by atoms with Crippen molar-refractivity contribution in [2.24, 2.45) is 17.1 Å². The molecule has 0 radical (unpaired) electrons. The maximum atomic E-state index is 6.86. The van der Waals surface area contributed by atoms with Crippen molar-refractivity contribution in [2.45, 2.75) is 117 Å². The Labute approximate surface area is 134 Å². The van der Waals surface area contributed by atoms with Crippen LogP contribution in [-0.4, -0.2) is 5.54 Å². The van der Waals surface area contributed by atoms with E-state index >= 15 is 0 Å². The van der Waals surface area contributed by atoms with Crippen molar-refractivity contribution in [3.05, 3.63) is 0 Å². The van der Waals surface area contributed by atoms with Gasteiger partial charge in [-0.15, -0.1) is 0 Å². The SMILES string of the molecule is CCCCCCCC(C)(CCCCCC)C(C)(N)C1CC1. The Morgan fingerprint density at radius 2 is 1.19 bits per heavy atom. The van der Waals surface area contributed by atoms with Gasteiger partial charge in [0.05, 0.1) is 0 Å². The predicted octanol–water partition coefficient (Wildman–Crippen LogP) is 6.45. The number of hydrogen-bond acceptors (Lipinski definition) is 1. The zero-order chi connectivity index (χ0) is 15.8. The van der Waals surface area contributed by atoms with Gasteiger partial charge >= 0.3 is 0 Å². The molecule has 2 unspecified atom stereocenters. The average Bonchev–Trinajstić information content (AvgIpc) is 3.28. The first-order chi connectivity index (χ1) is 9.98. The number of rotatable bonds is 13. The monoisotopic (exact) mass is 295 g/mol. The van der Waals surface area contributed by atoms with Crippen LogP contribution in [-0.2, 0) is 0 Å².